The highest BCUT2D eigenvalue weighted by Crippen LogP contribution is 2.11. The maximum absolute atomic E-state index is 5.65. The Labute approximate surface area is 139 Å². The molecular formula is C18H29N3O2. The lowest BCUT2D eigenvalue weighted by atomic mass is 10.1. The number of guanidine groups is 1. The summed E-state index contributed by atoms with van der Waals surface area (Å²) >= 11 is 0. The highest BCUT2D eigenvalue weighted by Gasteiger charge is 2.14. The quantitative estimate of drug-likeness (QED) is 0.438. The van der Waals surface area contributed by atoms with Crippen molar-refractivity contribution < 1.29 is 9.47 Å². The fourth-order valence-corrected chi connectivity index (χ4v) is 2.48. The SMILES string of the molecule is CN=C(NCCCOCC1CCCO1)NCc1ccc(C)cc1. The first-order valence-corrected chi connectivity index (χ1v) is 8.47. The van der Waals surface area contributed by atoms with Crippen LogP contribution >= 0.6 is 0 Å². The van der Waals surface area contributed by atoms with Crippen molar-refractivity contribution in [3.05, 3.63) is 35.4 Å². The maximum atomic E-state index is 5.65. The largest absolute Gasteiger partial charge is 0.379 e. The second-order valence-electron chi connectivity index (χ2n) is 5.90. The molecule has 1 saturated heterocycles. The van der Waals surface area contributed by atoms with E-state index >= 15 is 0 Å². The van der Waals surface area contributed by atoms with Gasteiger partial charge in [-0.05, 0) is 31.7 Å². The summed E-state index contributed by atoms with van der Waals surface area (Å²) in [5, 5.41) is 6.63. The van der Waals surface area contributed by atoms with Gasteiger partial charge >= 0.3 is 0 Å². The standard InChI is InChI=1S/C18H29N3O2/c1-15-6-8-16(9-7-15)13-21-18(19-2)20-10-4-11-22-14-17-5-3-12-23-17/h6-9,17H,3-5,10-14H2,1-2H3,(H2,19,20,21). The number of nitrogens with zero attached hydrogens (tertiary/aromatic N) is 1. The van der Waals surface area contributed by atoms with Crippen molar-refractivity contribution in [2.45, 2.75) is 38.8 Å². The van der Waals surface area contributed by atoms with Crippen molar-refractivity contribution >= 4 is 5.96 Å². The Bertz CT molecular complexity index is 468. The van der Waals surface area contributed by atoms with Gasteiger partial charge in [-0.15, -0.1) is 0 Å². The lowest BCUT2D eigenvalue weighted by Gasteiger charge is -2.13. The van der Waals surface area contributed by atoms with Gasteiger partial charge in [0.05, 0.1) is 12.7 Å². The summed E-state index contributed by atoms with van der Waals surface area (Å²) in [6, 6.07) is 8.51. The number of hydrogen-bond donors (Lipinski definition) is 2. The molecule has 1 fully saturated rings. The molecule has 1 atom stereocenters. The lowest BCUT2D eigenvalue weighted by Crippen LogP contribution is -2.37. The van der Waals surface area contributed by atoms with E-state index in [4.69, 9.17) is 9.47 Å². The number of benzene rings is 1. The smallest absolute Gasteiger partial charge is 0.191 e. The van der Waals surface area contributed by atoms with Crippen molar-refractivity contribution in [1.29, 1.82) is 0 Å². The monoisotopic (exact) mass is 319 g/mol. The summed E-state index contributed by atoms with van der Waals surface area (Å²) in [4.78, 5) is 4.24. The second kappa shape index (κ2) is 10.2. The van der Waals surface area contributed by atoms with Gasteiger partial charge in [-0.3, -0.25) is 4.99 Å². The van der Waals surface area contributed by atoms with Crippen LogP contribution in [0.5, 0.6) is 0 Å². The molecule has 5 nitrogen and oxygen atoms in total. The zero-order valence-electron chi connectivity index (χ0n) is 14.3. The Balaban J connectivity index is 1.53. The predicted molar refractivity (Wildman–Crippen MR) is 93.8 cm³/mol. The number of ether oxygens (including phenoxy) is 2. The number of rotatable bonds is 8. The van der Waals surface area contributed by atoms with Crippen LogP contribution in [0, 0.1) is 6.92 Å². The van der Waals surface area contributed by atoms with Gasteiger partial charge in [-0.1, -0.05) is 29.8 Å². The first kappa shape index (κ1) is 17.8. The van der Waals surface area contributed by atoms with E-state index in [9.17, 15) is 0 Å². The molecule has 0 radical (unpaired) electrons. The number of aliphatic imine (C=N–C) groups is 1. The van der Waals surface area contributed by atoms with Crippen LogP contribution in [0.1, 0.15) is 30.4 Å². The molecule has 0 bridgehead atoms. The predicted octanol–water partition coefficient (Wildman–Crippen LogP) is 2.25. The maximum Gasteiger partial charge on any atom is 0.191 e. The fraction of sp³-hybridized carbons (Fsp3) is 0.611. The van der Waals surface area contributed by atoms with E-state index in [0.29, 0.717) is 6.10 Å². The van der Waals surface area contributed by atoms with Gasteiger partial charge in [0.15, 0.2) is 5.96 Å². The zero-order valence-corrected chi connectivity index (χ0v) is 14.3. The van der Waals surface area contributed by atoms with Gasteiger partial charge in [-0.2, -0.15) is 0 Å². The van der Waals surface area contributed by atoms with Gasteiger partial charge in [-0.25, -0.2) is 0 Å². The van der Waals surface area contributed by atoms with Gasteiger partial charge in [0.1, 0.15) is 0 Å². The van der Waals surface area contributed by atoms with Crippen LogP contribution in [-0.2, 0) is 16.0 Å². The topological polar surface area (TPSA) is 54.9 Å². The third kappa shape index (κ3) is 7.01. The van der Waals surface area contributed by atoms with E-state index in [1.165, 1.54) is 17.5 Å². The highest BCUT2D eigenvalue weighted by atomic mass is 16.5. The third-order valence-corrected chi connectivity index (χ3v) is 3.89. The molecule has 0 spiro atoms. The van der Waals surface area contributed by atoms with E-state index in [-0.39, 0.29) is 0 Å². The Morgan fingerprint density at radius 2 is 2.13 bits per heavy atom. The van der Waals surface area contributed by atoms with E-state index in [2.05, 4.69) is 46.8 Å². The van der Waals surface area contributed by atoms with Gasteiger partial charge in [0, 0.05) is 33.4 Å². The first-order chi connectivity index (χ1) is 11.3. The van der Waals surface area contributed by atoms with E-state index < -0.39 is 0 Å². The average Bonchev–Trinajstić information content (AvgIpc) is 3.08. The van der Waals surface area contributed by atoms with E-state index in [1.807, 2.05) is 0 Å². The Hall–Kier alpha value is -1.59. The summed E-state index contributed by atoms with van der Waals surface area (Å²) in [5.41, 5.74) is 2.53. The van der Waals surface area contributed by atoms with Crippen molar-refractivity contribution in [2.24, 2.45) is 4.99 Å². The third-order valence-electron chi connectivity index (χ3n) is 3.89. The molecule has 23 heavy (non-hydrogen) atoms. The van der Waals surface area contributed by atoms with Crippen molar-refractivity contribution in [3.63, 3.8) is 0 Å². The Morgan fingerprint density at radius 3 is 2.83 bits per heavy atom. The molecule has 1 aromatic carbocycles. The highest BCUT2D eigenvalue weighted by molar-refractivity contribution is 5.79. The zero-order chi connectivity index (χ0) is 16.3. The number of hydrogen-bond acceptors (Lipinski definition) is 3. The molecule has 0 saturated carbocycles. The first-order valence-electron chi connectivity index (χ1n) is 8.47. The molecule has 1 heterocycles. The number of aryl methyl sites for hydroxylation is 1. The van der Waals surface area contributed by atoms with Gasteiger partial charge < -0.3 is 20.1 Å². The second-order valence-corrected chi connectivity index (χ2v) is 5.90. The van der Waals surface area contributed by atoms with Crippen molar-refractivity contribution in [2.75, 3.05) is 33.4 Å². The van der Waals surface area contributed by atoms with Crippen molar-refractivity contribution in [1.82, 2.24) is 10.6 Å². The van der Waals surface area contributed by atoms with Gasteiger partial charge in [0.25, 0.3) is 0 Å². The molecule has 1 unspecified atom stereocenters. The van der Waals surface area contributed by atoms with Crippen LogP contribution in [-0.4, -0.2) is 45.5 Å². The minimum atomic E-state index is 0.312. The van der Waals surface area contributed by atoms with E-state index in [0.717, 1.165) is 51.7 Å². The molecule has 5 heteroatoms. The molecule has 2 rings (SSSR count). The Morgan fingerprint density at radius 1 is 1.30 bits per heavy atom. The summed E-state index contributed by atoms with van der Waals surface area (Å²) < 4.78 is 11.2. The fourth-order valence-electron chi connectivity index (χ4n) is 2.48. The molecule has 2 N–H and O–H groups in total. The summed E-state index contributed by atoms with van der Waals surface area (Å²) in [6.45, 7) is 6.08. The molecule has 0 aromatic heterocycles. The lowest BCUT2D eigenvalue weighted by molar-refractivity contribution is 0.0168. The van der Waals surface area contributed by atoms with Crippen LogP contribution in [0.4, 0.5) is 0 Å². The molecule has 1 aromatic rings. The molecule has 1 aliphatic rings. The minimum absolute atomic E-state index is 0.312. The van der Waals surface area contributed by atoms with Crippen LogP contribution < -0.4 is 10.6 Å². The van der Waals surface area contributed by atoms with Crippen LogP contribution in [0.15, 0.2) is 29.3 Å². The van der Waals surface area contributed by atoms with E-state index in [1.54, 1.807) is 7.05 Å². The normalized spacial score (nSPS) is 18.2. The Kier molecular flexibility index (Phi) is 7.90. The summed E-state index contributed by atoms with van der Waals surface area (Å²) in [7, 11) is 1.79. The van der Waals surface area contributed by atoms with Crippen molar-refractivity contribution in [3.8, 4) is 0 Å². The molecule has 0 aliphatic carbocycles. The van der Waals surface area contributed by atoms with Gasteiger partial charge in [0.2, 0.25) is 0 Å². The molecule has 1 aliphatic heterocycles. The van der Waals surface area contributed by atoms with Crippen LogP contribution in [0.2, 0.25) is 0 Å². The minimum Gasteiger partial charge on any atom is -0.379 e. The number of nitrogens with one attached hydrogen (secondary N) is 2. The van der Waals surface area contributed by atoms with Crippen LogP contribution in [0.3, 0.4) is 0 Å². The molecular weight excluding hydrogens is 290 g/mol. The molecule has 0 amide bonds. The molecule has 128 valence electrons. The van der Waals surface area contributed by atoms with Crippen LogP contribution in [0.25, 0.3) is 0 Å². The average molecular weight is 319 g/mol. The summed E-state index contributed by atoms with van der Waals surface area (Å²) in [6.07, 6.45) is 3.57. The summed E-state index contributed by atoms with van der Waals surface area (Å²) in [5.74, 6) is 0.824.